The van der Waals surface area contributed by atoms with E-state index >= 15 is 0 Å². The van der Waals surface area contributed by atoms with Crippen LogP contribution in [0.4, 0.5) is 5.69 Å². The monoisotopic (exact) mass is 364 g/mol. The van der Waals surface area contributed by atoms with E-state index in [0.717, 1.165) is 29.2 Å². The fraction of sp³-hybridized carbons (Fsp3) is 0.412. The van der Waals surface area contributed by atoms with Crippen molar-refractivity contribution in [2.45, 2.75) is 36.9 Å². The summed E-state index contributed by atoms with van der Waals surface area (Å²) < 4.78 is 6.33. The summed E-state index contributed by atoms with van der Waals surface area (Å²) in [5.41, 5.74) is 0.889. The van der Waals surface area contributed by atoms with E-state index in [4.69, 9.17) is 4.42 Å². The third-order valence-electron chi connectivity index (χ3n) is 3.77. The molecule has 7 heteroatoms. The first-order valence-electron chi connectivity index (χ1n) is 8.02. The summed E-state index contributed by atoms with van der Waals surface area (Å²) in [4.78, 5) is 27.3. The number of aryl methyl sites for hydroxylation is 1. The van der Waals surface area contributed by atoms with Crippen LogP contribution < -0.4 is 10.2 Å². The Balaban J connectivity index is 1.65. The number of carbonyl (C=O) groups excluding carboxylic acids is 2. The number of anilines is 1. The molecule has 0 aliphatic carbocycles. The molecule has 1 N–H and O–H groups in total. The van der Waals surface area contributed by atoms with E-state index in [1.54, 1.807) is 46.4 Å². The van der Waals surface area contributed by atoms with Crippen molar-refractivity contribution in [3.8, 4) is 0 Å². The summed E-state index contributed by atoms with van der Waals surface area (Å²) in [5, 5.41) is 2.79. The van der Waals surface area contributed by atoms with Gasteiger partial charge in [0.05, 0.1) is 28.5 Å². The number of unbranched alkanes of at least 4 members (excludes halogenated alkanes) is 1. The largest absolute Gasteiger partial charge is 0.467 e. The average molecular weight is 364 g/mol. The average Bonchev–Trinajstić information content (AvgIpc) is 3.23. The highest BCUT2D eigenvalue weighted by Crippen LogP contribution is 2.42. The quantitative estimate of drug-likeness (QED) is 0.817. The molecule has 1 aliphatic heterocycles. The number of fused-ring (bicyclic) bond motifs is 1. The number of nitrogens with zero attached hydrogens (tertiary/aromatic N) is 1. The number of thioether (sulfide) groups is 1. The zero-order valence-electron chi connectivity index (χ0n) is 13.5. The molecule has 128 valence electrons. The lowest BCUT2D eigenvalue weighted by atomic mass is 10.2. The Bertz CT molecular complexity index is 709. The molecule has 0 radical (unpaired) electrons. The summed E-state index contributed by atoms with van der Waals surface area (Å²) in [6.45, 7) is 2.55. The van der Waals surface area contributed by atoms with Crippen molar-refractivity contribution in [2.24, 2.45) is 0 Å². The van der Waals surface area contributed by atoms with Crippen molar-refractivity contribution >= 4 is 40.6 Å². The number of carbonyl (C=O) groups is 2. The lowest BCUT2D eigenvalue weighted by Gasteiger charge is -2.25. The molecule has 5 nitrogen and oxygen atoms in total. The standard InChI is InChI=1S/C17H20N2O3S2/c1-2-3-6-13-8-14-17(24-13)23-11-16(21)19(14)10-15(20)18-9-12-5-4-7-22-12/h4-5,7-8H,2-3,6,9-11H2,1H3,(H,18,20). The van der Waals surface area contributed by atoms with Crippen molar-refractivity contribution in [2.75, 3.05) is 17.2 Å². The fourth-order valence-corrected chi connectivity index (χ4v) is 4.88. The molecule has 2 amide bonds. The zero-order chi connectivity index (χ0) is 16.9. The molecule has 0 spiro atoms. The highest BCUT2D eigenvalue weighted by Gasteiger charge is 2.28. The Morgan fingerprint density at radius 1 is 1.46 bits per heavy atom. The van der Waals surface area contributed by atoms with Crippen molar-refractivity contribution in [3.05, 3.63) is 35.1 Å². The maximum Gasteiger partial charge on any atom is 0.240 e. The first-order valence-corrected chi connectivity index (χ1v) is 9.82. The molecule has 1 aliphatic rings. The van der Waals surface area contributed by atoms with Gasteiger partial charge in [0.15, 0.2) is 0 Å². The maximum atomic E-state index is 12.3. The van der Waals surface area contributed by atoms with Gasteiger partial charge in [-0.3, -0.25) is 9.59 Å². The Morgan fingerprint density at radius 3 is 3.08 bits per heavy atom. The summed E-state index contributed by atoms with van der Waals surface area (Å²) in [6, 6.07) is 5.65. The van der Waals surface area contributed by atoms with Gasteiger partial charge < -0.3 is 14.6 Å². The molecule has 0 fully saturated rings. The van der Waals surface area contributed by atoms with Gasteiger partial charge in [0.1, 0.15) is 12.3 Å². The van der Waals surface area contributed by atoms with Gasteiger partial charge in [-0.2, -0.15) is 0 Å². The van der Waals surface area contributed by atoms with Gasteiger partial charge in [-0.25, -0.2) is 0 Å². The van der Waals surface area contributed by atoms with Crippen LogP contribution in [0.15, 0.2) is 33.1 Å². The van der Waals surface area contributed by atoms with Gasteiger partial charge in [0.2, 0.25) is 11.8 Å². The minimum Gasteiger partial charge on any atom is -0.467 e. The lowest BCUT2D eigenvalue weighted by Crippen LogP contribution is -2.42. The third kappa shape index (κ3) is 4.02. The molecule has 0 atom stereocenters. The van der Waals surface area contributed by atoms with Crippen LogP contribution in [-0.2, 0) is 22.6 Å². The zero-order valence-corrected chi connectivity index (χ0v) is 15.2. The highest BCUT2D eigenvalue weighted by molar-refractivity contribution is 8.02. The van der Waals surface area contributed by atoms with Gasteiger partial charge in [0.25, 0.3) is 0 Å². The summed E-state index contributed by atoms with van der Waals surface area (Å²) in [6.07, 6.45) is 4.89. The second-order valence-corrected chi connectivity index (χ2v) is 7.99. The number of furan rings is 1. The Hall–Kier alpha value is -1.73. The number of thiophene rings is 1. The molecule has 0 saturated carbocycles. The smallest absolute Gasteiger partial charge is 0.240 e. The maximum absolute atomic E-state index is 12.3. The molecule has 0 unspecified atom stereocenters. The number of amides is 2. The van der Waals surface area contributed by atoms with Crippen LogP contribution in [0, 0.1) is 0 Å². The predicted octanol–water partition coefficient (Wildman–Crippen LogP) is 3.44. The third-order valence-corrected chi connectivity index (χ3v) is 6.21. The van der Waals surface area contributed by atoms with Crippen LogP contribution in [0.3, 0.4) is 0 Å². The van der Waals surface area contributed by atoms with Crippen LogP contribution in [0.2, 0.25) is 0 Å². The highest BCUT2D eigenvalue weighted by atomic mass is 32.2. The minimum absolute atomic E-state index is 0.0134. The normalized spacial score (nSPS) is 13.9. The molecule has 0 bridgehead atoms. The molecule has 0 aromatic carbocycles. The second kappa shape index (κ2) is 7.90. The SMILES string of the molecule is CCCCc1cc2c(s1)SCC(=O)N2CC(=O)NCc1ccco1. The predicted molar refractivity (Wildman–Crippen MR) is 96.6 cm³/mol. The number of hydrogen-bond donors (Lipinski definition) is 1. The van der Waals surface area contributed by atoms with E-state index in [0.29, 0.717) is 18.1 Å². The van der Waals surface area contributed by atoms with E-state index in [1.807, 2.05) is 0 Å². The number of nitrogens with one attached hydrogen (secondary N) is 1. The van der Waals surface area contributed by atoms with Crippen molar-refractivity contribution in [1.82, 2.24) is 5.32 Å². The number of hydrogen-bond acceptors (Lipinski definition) is 5. The molecular weight excluding hydrogens is 344 g/mol. The first kappa shape index (κ1) is 17.1. The van der Waals surface area contributed by atoms with Gasteiger partial charge >= 0.3 is 0 Å². The van der Waals surface area contributed by atoms with E-state index in [9.17, 15) is 9.59 Å². The van der Waals surface area contributed by atoms with Crippen LogP contribution >= 0.6 is 23.1 Å². The number of rotatable bonds is 7. The Labute approximate surface area is 149 Å². The molecule has 24 heavy (non-hydrogen) atoms. The van der Waals surface area contributed by atoms with E-state index in [1.165, 1.54) is 4.88 Å². The molecule has 3 rings (SSSR count). The fourth-order valence-electron chi connectivity index (χ4n) is 2.49. The van der Waals surface area contributed by atoms with Gasteiger partial charge in [-0.15, -0.1) is 23.1 Å². The van der Waals surface area contributed by atoms with Gasteiger partial charge in [-0.05, 0) is 31.0 Å². The van der Waals surface area contributed by atoms with Crippen molar-refractivity contribution in [1.29, 1.82) is 0 Å². The Morgan fingerprint density at radius 2 is 2.33 bits per heavy atom. The minimum atomic E-state index is -0.182. The van der Waals surface area contributed by atoms with E-state index < -0.39 is 0 Å². The van der Waals surface area contributed by atoms with Crippen LogP contribution in [-0.4, -0.2) is 24.1 Å². The van der Waals surface area contributed by atoms with Crippen molar-refractivity contribution in [3.63, 3.8) is 0 Å². The molecule has 2 aromatic heterocycles. The second-order valence-electron chi connectivity index (χ2n) is 5.61. The molecule has 3 heterocycles. The van der Waals surface area contributed by atoms with Gasteiger partial charge in [0, 0.05) is 4.88 Å². The van der Waals surface area contributed by atoms with Crippen LogP contribution in [0.1, 0.15) is 30.4 Å². The van der Waals surface area contributed by atoms with Crippen LogP contribution in [0.5, 0.6) is 0 Å². The summed E-state index contributed by atoms with van der Waals surface area (Å²) in [7, 11) is 0. The molecule has 2 aromatic rings. The first-order chi connectivity index (χ1) is 11.7. The van der Waals surface area contributed by atoms with Gasteiger partial charge in [-0.1, -0.05) is 13.3 Å². The Kier molecular flexibility index (Phi) is 5.63. The van der Waals surface area contributed by atoms with Crippen molar-refractivity contribution < 1.29 is 14.0 Å². The topological polar surface area (TPSA) is 62.6 Å². The summed E-state index contributed by atoms with van der Waals surface area (Å²) >= 11 is 3.32. The van der Waals surface area contributed by atoms with Crippen LogP contribution in [0.25, 0.3) is 0 Å². The lowest BCUT2D eigenvalue weighted by molar-refractivity contribution is -0.123. The molecule has 0 saturated heterocycles. The van der Waals surface area contributed by atoms with E-state index in [2.05, 4.69) is 18.3 Å². The molecular formula is C17H20N2O3S2. The van der Waals surface area contributed by atoms with E-state index in [-0.39, 0.29) is 18.4 Å². The summed E-state index contributed by atoms with van der Waals surface area (Å²) in [5.74, 6) is 0.896.